The van der Waals surface area contributed by atoms with E-state index < -0.39 is 0 Å². The van der Waals surface area contributed by atoms with Crippen LogP contribution in [-0.4, -0.2) is 0 Å². The average molecular weight is 491 g/mol. The van der Waals surface area contributed by atoms with Crippen molar-refractivity contribution in [2.24, 2.45) is 34.5 Å². The first-order valence-electron chi connectivity index (χ1n) is 14.5. The summed E-state index contributed by atoms with van der Waals surface area (Å²) in [5.74, 6) is 3.40. The molecule has 2 aromatic carbocycles. The Morgan fingerprint density at radius 2 is 0.886 bits per heavy atom. The molecule has 2 aliphatic carbocycles. The van der Waals surface area contributed by atoms with Gasteiger partial charge in [0.15, 0.2) is 0 Å². The van der Waals surface area contributed by atoms with Crippen LogP contribution in [0, 0.1) is 34.5 Å². The van der Waals surface area contributed by atoms with E-state index in [1.165, 1.54) is 85.1 Å². The summed E-state index contributed by atoms with van der Waals surface area (Å²) in [5.41, 5.74) is 3.90. The molecule has 192 valence electrons. The molecule has 0 spiro atoms. The molecule has 0 N–H and O–H groups in total. The van der Waals surface area contributed by atoms with Gasteiger partial charge in [-0.25, -0.2) is 0 Å². The summed E-state index contributed by atoms with van der Waals surface area (Å²) in [7, 11) is 0. The van der Waals surface area contributed by atoms with Gasteiger partial charge in [0.2, 0.25) is 0 Å². The molecule has 35 heavy (non-hydrogen) atoms. The van der Waals surface area contributed by atoms with E-state index in [1.807, 2.05) is 11.8 Å². The maximum Gasteiger partial charge on any atom is 0.0122 e. The Balaban J connectivity index is 1.33. The standard InChI is InChI=1S/C34H50S/c1-33(2,3)31-13-9-7-11-27(31)23-25-15-19-29(20-16-25)35-30-21-17-26(18-22-30)24-28-12-8-10-14-32(28)34(4,5)6/h15-22,27-28,31-32H,7-14,23-24H2,1-6H3. The van der Waals surface area contributed by atoms with E-state index in [1.54, 1.807) is 0 Å². The van der Waals surface area contributed by atoms with Crippen LogP contribution < -0.4 is 0 Å². The Kier molecular flexibility index (Phi) is 8.78. The van der Waals surface area contributed by atoms with Crippen molar-refractivity contribution >= 4 is 11.8 Å². The van der Waals surface area contributed by atoms with E-state index in [0.717, 1.165) is 23.7 Å². The Hall–Kier alpha value is -1.21. The minimum atomic E-state index is 0.428. The van der Waals surface area contributed by atoms with Crippen molar-refractivity contribution in [1.82, 2.24) is 0 Å². The maximum absolute atomic E-state index is 2.44. The maximum atomic E-state index is 2.44. The van der Waals surface area contributed by atoms with Gasteiger partial charge in [0.1, 0.15) is 0 Å². The van der Waals surface area contributed by atoms with E-state index in [0.29, 0.717) is 10.8 Å². The predicted octanol–water partition coefficient (Wildman–Crippen LogP) is 10.6. The van der Waals surface area contributed by atoms with E-state index in [9.17, 15) is 0 Å². The van der Waals surface area contributed by atoms with Gasteiger partial charge in [-0.3, -0.25) is 0 Å². The highest BCUT2D eigenvalue weighted by atomic mass is 32.2. The topological polar surface area (TPSA) is 0 Å². The molecule has 0 aromatic heterocycles. The number of hydrogen-bond acceptors (Lipinski definition) is 1. The lowest BCUT2D eigenvalue weighted by Crippen LogP contribution is -2.32. The highest BCUT2D eigenvalue weighted by Gasteiger charge is 2.35. The van der Waals surface area contributed by atoms with Gasteiger partial charge in [-0.15, -0.1) is 0 Å². The van der Waals surface area contributed by atoms with Crippen LogP contribution in [-0.2, 0) is 12.8 Å². The Labute approximate surface area is 221 Å². The number of rotatable bonds is 6. The van der Waals surface area contributed by atoms with Gasteiger partial charge < -0.3 is 0 Å². The molecule has 0 nitrogen and oxygen atoms in total. The predicted molar refractivity (Wildman–Crippen MR) is 154 cm³/mol. The lowest BCUT2D eigenvalue weighted by molar-refractivity contribution is 0.107. The molecule has 0 bridgehead atoms. The highest BCUT2D eigenvalue weighted by Crippen LogP contribution is 2.44. The summed E-state index contributed by atoms with van der Waals surface area (Å²) < 4.78 is 0. The SMILES string of the molecule is CC(C)(C)C1CCCCC1Cc1ccc(Sc2ccc(CC3CCCCC3C(C)(C)C)cc2)cc1. The molecule has 0 aliphatic heterocycles. The summed E-state index contributed by atoms with van der Waals surface area (Å²) in [5, 5.41) is 0. The zero-order chi connectivity index (χ0) is 25.1. The van der Waals surface area contributed by atoms with Crippen molar-refractivity contribution in [1.29, 1.82) is 0 Å². The Bertz CT molecular complexity index is 832. The number of benzene rings is 2. The van der Waals surface area contributed by atoms with Crippen molar-refractivity contribution in [3.05, 3.63) is 59.7 Å². The second-order valence-corrected chi connectivity index (χ2v) is 15.0. The van der Waals surface area contributed by atoms with E-state index in [4.69, 9.17) is 0 Å². The van der Waals surface area contributed by atoms with Crippen molar-refractivity contribution in [2.75, 3.05) is 0 Å². The lowest BCUT2D eigenvalue weighted by Gasteiger charge is -2.40. The zero-order valence-corrected chi connectivity index (χ0v) is 24.2. The van der Waals surface area contributed by atoms with E-state index in [-0.39, 0.29) is 0 Å². The fourth-order valence-corrected chi connectivity index (χ4v) is 8.13. The van der Waals surface area contributed by atoms with Crippen LogP contribution in [0.15, 0.2) is 58.3 Å². The molecule has 4 rings (SSSR count). The summed E-state index contributed by atoms with van der Waals surface area (Å²) >= 11 is 1.91. The summed E-state index contributed by atoms with van der Waals surface area (Å²) in [6.07, 6.45) is 13.8. The largest absolute Gasteiger partial charge is 0.0901 e. The molecule has 0 saturated heterocycles. The molecule has 2 aliphatic rings. The van der Waals surface area contributed by atoms with Gasteiger partial charge in [0, 0.05) is 9.79 Å². The van der Waals surface area contributed by atoms with Crippen molar-refractivity contribution in [2.45, 2.75) is 116 Å². The fourth-order valence-electron chi connectivity index (χ4n) is 7.31. The Morgan fingerprint density at radius 1 is 0.543 bits per heavy atom. The zero-order valence-electron chi connectivity index (χ0n) is 23.4. The molecule has 4 unspecified atom stereocenters. The molecule has 2 saturated carbocycles. The van der Waals surface area contributed by atoms with E-state index >= 15 is 0 Å². The number of hydrogen-bond donors (Lipinski definition) is 0. The molecule has 2 fully saturated rings. The third kappa shape index (κ3) is 7.41. The first-order chi connectivity index (χ1) is 16.6. The second-order valence-electron chi connectivity index (χ2n) is 13.8. The Morgan fingerprint density at radius 3 is 1.23 bits per heavy atom. The molecule has 0 amide bonds. The monoisotopic (exact) mass is 490 g/mol. The minimum absolute atomic E-state index is 0.428. The molecular formula is C34H50S. The van der Waals surface area contributed by atoms with E-state index in [2.05, 4.69) is 90.1 Å². The summed E-state index contributed by atoms with van der Waals surface area (Å²) in [4.78, 5) is 2.72. The summed E-state index contributed by atoms with van der Waals surface area (Å²) in [6.45, 7) is 14.7. The van der Waals surface area contributed by atoms with Crippen molar-refractivity contribution in [3.63, 3.8) is 0 Å². The lowest BCUT2D eigenvalue weighted by atomic mass is 9.65. The van der Waals surface area contributed by atoms with Gasteiger partial charge in [-0.2, -0.15) is 0 Å². The fraction of sp³-hybridized carbons (Fsp3) is 0.647. The summed E-state index contributed by atoms with van der Waals surface area (Å²) in [6, 6.07) is 18.9. The molecular weight excluding hydrogens is 440 g/mol. The average Bonchev–Trinajstić information content (AvgIpc) is 2.81. The third-order valence-corrected chi connectivity index (χ3v) is 10.1. The van der Waals surface area contributed by atoms with Gasteiger partial charge in [-0.1, -0.05) is 103 Å². The quantitative estimate of drug-likeness (QED) is 0.388. The molecule has 0 radical (unpaired) electrons. The van der Waals surface area contributed by atoms with Gasteiger partial charge in [0.25, 0.3) is 0 Å². The van der Waals surface area contributed by atoms with Crippen molar-refractivity contribution in [3.8, 4) is 0 Å². The van der Waals surface area contributed by atoms with Crippen LogP contribution in [0.3, 0.4) is 0 Å². The minimum Gasteiger partial charge on any atom is -0.0901 e. The molecule has 1 heteroatoms. The van der Waals surface area contributed by atoms with Gasteiger partial charge >= 0.3 is 0 Å². The third-order valence-electron chi connectivity index (χ3n) is 9.12. The van der Waals surface area contributed by atoms with Crippen LogP contribution in [0.2, 0.25) is 0 Å². The molecule has 4 atom stereocenters. The second kappa shape index (κ2) is 11.5. The van der Waals surface area contributed by atoms with Crippen molar-refractivity contribution < 1.29 is 0 Å². The smallest absolute Gasteiger partial charge is 0.0122 e. The van der Waals surface area contributed by atoms with Crippen LogP contribution in [0.1, 0.15) is 104 Å². The normalized spacial score (nSPS) is 26.0. The van der Waals surface area contributed by atoms with Gasteiger partial charge in [-0.05, 0) is 108 Å². The highest BCUT2D eigenvalue weighted by molar-refractivity contribution is 7.99. The molecule has 2 aromatic rings. The van der Waals surface area contributed by atoms with Crippen LogP contribution in [0.4, 0.5) is 0 Å². The molecule has 0 heterocycles. The first kappa shape index (κ1) is 26.8. The van der Waals surface area contributed by atoms with Crippen LogP contribution in [0.25, 0.3) is 0 Å². The van der Waals surface area contributed by atoms with Crippen LogP contribution >= 0.6 is 11.8 Å². The first-order valence-corrected chi connectivity index (χ1v) is 15.3. The van der Waals surface area contributed by atoms with Crippen LogP contribution in [0.5, 0.6) is 0 Å². The van der Waals surface area contributed by atoms with Gasteiger partial charge in [0.05, 0.1) is 0 Å².